The molecule has 0 amide bonds. The molecule has 3 rings (SSSR count). The van der Waals surface area contributed by atoms with E-state index in [0.717, 1.165) is 34.8 Å². The summed E-state index contributed by atoms with van der Waals surface area (Å²) in [4.78, 5) is 8.91. The molecule has 6 heteroatoms. The Bertz CT molecular complexity index is 756. The molecule has 0 bridgehead atoms. The van der Waals surface area contributed by atoms with E-state index in [2.05, 4.69) is 16.5 Å². The molecule has 23 heavy (non-hydrogen) atoms. The van der Waals surface area contributed by atoms with Gasteiger partial charge < -0.3 is 4.57 Å². The first-order chi connectivity index (χ1) is 10.2. The molecular weight excluding hydrogens is 336 g/mol. The van der Waals surface area contributed by atoms with E-state index in [1.807, 2.05) is 25.4 Å². The van der Waals surface area contributed by atoms with Crippen LogP contribution in [0.2, 0.25) is 0 Å². The summed E-state index contributed by atoms with van der Waals surface area (Å²) < 4.78 is 15.1. The predicted octanol–water partition coefficient (Wildman–Crippen LogP) is 4.69. The van der Waals surface area contributed by atoms with Crippen LogP contribution in [0.5, 0.6) is 0 Å². The number of aromatic nitrogens is 3. The molecule has 0 spiro atoms. The Kier molecular flexibility index (Phi) is 6.73. The van der Waals surface area contributed by atoms with Crippen molar-refractivity contribution in [3.63, 3.8) is 0 Å². The zero-order valence-corrected chi connectivity index (χ0v) is 14.5. The topological polar surface area (TPSA) is 30.7 Å². The first-order valence-electron chi connectivity index (χ1n) is 6.92. The van der Waals surface area contributed by atoms with Gasteiger partial charge in [-0.3, -0.25) is 4.98 Å². The first kappa shape index (κ1) is 19.1. The molecule has 3 nitrogen and oxygen atoms in total. The minimum absolute atomic E-state index is 0. The third-order valence-corrected chi connectivity index (χ3v) is 3.59. The second-order valence-electron chi connectivity index (χ2n) is 4.89. The first-order valence-corrected chi connectivity index (χ1v) is 6.92. The van der Waals surface area contributed by atoms with E-state index in [-0.39, 0.29) is 30.6 Å². The van der Waals surface area contributed by atoms with Crippen molar-refractivity contribution in [1.29, 1.82) is 0 Å². The van der Waals surface area contributed by atoms with Gasteiger partial charge in [0.15, 0.2) is 0 Å². The molecule has 122 valence electrons. The van der Waals surface area contributed by atoms with E-state index in [4.69, 9.17) is 4.98 Å². The van der Waals surface area contributed by atoms with Gasteiger partial charge in [0.25, 0.3) is 0 Å². The van der Waals surface area contributed by atoms with Crippen LogP contribution in [0.3, 0.4) is 0 Å². The highest BCUT2D eigenvalue weighted by Crippen LogP contribution is 2.28. The molecule has 2 heterocycles. The Balaban J connectivity index is 0.00000132. The van der Waals surface area contributed by atoms with E-state index in [0.29, 0.717) is 0 Å². The maximum atomic E-state index is 13.1. The molecule has 0 saturated heterocycles. The number of benzene rings is 1. The van der Waals surface area contributed by atoms with Gasteiger partial charge in [-0.15, -0.1) is 24.8 Å². The number of nitrogens with zero attached hydrogens (tertiary/aromatic N) is 3. The van der Waals surface area contributed by atoms with Crippen molar-refractivity contribution in [2.75, 3.05) is 0 Å². The molecular formula is C17H18Cl2FN3. The zero-order valence-electron chi connectivity index (χ0n) is 12.9. The van der Waals surface area contributed by atoms with Crippen LogP contribution in [0.4, 0.5) is 4.39 Å². The molecule has 0 aliphatic rings. The van der Waals surface area contributed by atoms with Crippen LogP contribution < -0.4 is 0 Å². The maximum absolute atomic E-state index is 13.1. The molecule has 0 atom stereocenters. The summed E-state index contributed by atoms with van der Waals surface area (Å²) in [6.07, 6.45) is 4.43. The van der Waals surface area contributed by atoms with E-state index in [1.165, 1.54) is 12.1 Å². The predicted molar refractivity (Wildman–Crippen MR) is 95.7 cm³/mol. The standard InChI is InChI=1S/C17H16FN3.2ClH/c1-3-15-16(13-5-4-10-19-11-13)20-17(21(15)2)12-6-8-14(18)9-7-12;;/h4-11H,3H2,1-2H3;2*1H. The van der Waals surface area contributed by atoms with Crippen molar-refractivity contribution in [1.82, 2.24) is 14.5 Å². The summed E-state index contributed by atoms with van der Waals surface area (Å²) in [5, 5.41) is 0. The van der Waals surface area contributed by atoms with E-state index in [9.17, 15) is 4.39 Å². The van der Waals surface area contributed by atoms with Crippen LogP contribution in [0.25, 0.3) is 22.6 Å². The SMILES string of the molecule is CCc1c(-c2cccnc2)nc(-c2ccc(F)cc2)n1C.Cl.Cl. The third-order valence-electron chi connectivity index (χ3n) is 3.59. The van der Waals surface area contributed by atoms with Crippen molar-refractivity contribution >= 4 is 24.8 Å². The highest BCUT2D eigenvalue weighted by Gasteiger charge is 2.16. The van der Waals surface area contributed by atoms with Crippen LogP contribution in [0.1, 0.15) is 12.6 Å². The number of pyridine rings is 1. The lowest BCUT2D eigenvalue weighted by molar-refractivity contribution is 0.628. The molecule has 0 aliphatic carbocycles. The normalized spacial score (nSPS) is 9.87. The van der Waals surface area contributed by atoms with Crippen molar-refractivity contribution in [3.8, 4) is 22.6 Å². The van der Waals surface area contributed by atoms with Gasteiger partial charge >= 0.3 is 0 Å². The zero-order chi connectivity index (χ0) is 14.8. The van der Waals surface area contributed by atoms with Crippen molar-refractivity contribution in [2.24, 2.45) is 7.05 Å². The fourth-order valence-electron chi connectivity index (χ4n) is 2.53. The Hall–Kier alpha value is -1.91. The number of halogens is 3. The fraction of sp³-hybridized carbons (Fsp3) is 0.176. The summed E-state index contributed by atoms with van der Waals surface area (Å²) in [5.41, 5.74) is 3.98. The average molecular weight is 354 g/mol. The molecule has 3 aromatic rings. The molecule has 0 radical (unpaired) electrons. The van der Waals surface area contributed by atoms with Gasteiger partial charge in [-0.05, 0) is 42.8 Å². The summed E-state index contributed by atoms with van der Waals surface area (Å²) >= 11 is 0. The molecule has 2 aromatic heterocycles. The molecule has 0 aliphatic heterocycles. The minimum atomic E-state index is -0.240. The van der Waals surface area contributed by atoms with Gasteiger partial charge in [0.2, 0.25) is 0 Å². The highest BCUT2D eigenvalue weighted by atomic mass is 35.5. The highest BCUT2D eigenvalue weighted by molar-refractivity contribution is 5.85. The van der Waals surface area contributed by atoms with Crippen LogP contribution >= 0.6 is 24.8 Å². The van der Waals surface area contributed by atoms with Gasteiger partial charge in [0.05, 0.1) is 5.69 Å². The van der Waals surface area contributed by atoms with Crippen LogP contribution in [0, 0.1) is 5.82 Å². The van der Waals surface area contributed by atoms with Gasteiger partial charge in [0, 0.05) is 36.3 Å². The Morgan fingerprint density at radius 3 is 2.30 bits per heavy atom. The van der Waals surface area contributed by atoms with Crippen molar-refractivity contribution < 1.29 is 4.39 Å². The summed E-state index contributed by atoms with van der Waals surface area (Å²) in [5.74, 6) is 0.599. The van der Waals surface area contributed by atoms with E-state index >= 15 is 0 Å². The number of hydrogen-bond donors (Lipinski definition) is 0. The van der Waals surface area contributed by atoms with Gasteiger partial charge in [-0.2, -0.15) is 0 Å². The monoisotopic (exact) mass is 353 g/mol. The lowest BCUT2D eigenvalue weighted by atomic mass is 10.1. The number of rotatable bonds is 3. The molecule has 0 N–H and O–H groups in total. The summed E-state index contributed by atoms with van der Waals surface area (Å²) in [6.45, 7) is 2.10. The Morgan fingerprint density at radius 1 is 1.04 bits per heavy atom. The molecule has 0 unspecified atom stereocenters. The number of imidazole rings is 1. The lowest BCUT2D eigenvalue weighted by Gasteiger charge is -2.05. The van der Waals surface area contributed by atoms with Crippen LogP contribution in [-0.2, 0) is 13.5 Å². The molecule has 0 fully saturated rings. The summed E-state index contributed by atoms with van der Waals surface area (Å²) in [7, 11) is 1.99. The lowest BCUT2D eigenvalue weighted by Crippen LogP contribution is -1.98. The van der Waals surface area contributed by atoms with Gasteiger partial charge in [0.1, 0.15) is 11.6 Å². The van der Waals surface area contributed by atoms with E-state index in [1.54, 1.807) is 18.3 Å². The van der Waals surface area contributed by atoms with Crippen LogP contribution in [0.15, 0.2) is 48.8 Å². The van der Waals surface area contributed by atoms with Gasteiger partial charge in [-0.1, -0.05) is 6.92 Å². The van der Waals surface area contributed by atoms with E-state index < -0.39 is 0 Å². The second kappa shape index (κ2) is 8.09. The smallest absolute Gasteiger partial charge is 0.140 e. The molecule has 1 aromatic carbocycles. The largest absolute Gasteiger partial charge is 0.331 e. The van der Waals surface area contributed by atoms with Crippen molar-refractivity contribution in [2.45, 2.75) is 13.3 Å². The fourth-order valence-corrected chi connectivity index (χ4v) is 2.53. The average Bonchev–Trinajstić information content (AvgIpc) is 2.86. The third kappa shape index (κ3) is 3.71. The molecule has 0 saturated carbocycles. The van der Waals surface area contributed by atoms with Crippen molar-refractivity contribution in [3.05, 3.63) is 60.3 Å². The quantitative estimate of drug-likeness (QED) is 0.683. The van der Waals surface area contributed by atoms with Crippen LogP contribution in [-0.4, -0.2) is 14.5 Å². The maximum Gasteiger partial charge on any atom is 0.140 e. The second-order valence-corrected chi connectivity index (χ2v) is 4.89. The van der Waals surface area contributed by atoms with Gasteiger partial charge in [-0.25, -0.2) is 9.37 Å². The minimum Gasteiger partial charge on any atom is -0.331 e. The number of hydrogen-bond acceptors (Lipinski definition) is 2. The summed E-state index contributed by atoms with van der Waals surface area (Å²) in [6, 6.07) is 10.3. The Labute approximate surface area is 147 Å². The Morgan fingerprint density at radius 2 is 1.74 bits per heavy atom.